The van der Waals surface area contributed by atoms with Crippen molar-refractivity contribution in [3.05, 3.63) is 34.1 Å². The Morgan fingerprint density at radius 1 is 1.44 bits per heavy atom. The summed E-state index contributed by atoms with van der Waals surface area (Å²) in [6, 6.07) is 5.09. The topological polar surface area (TPSA) is 29.3 Å². The zero-order valence-corrected chi connectivity index (χ0v) is 12.3. The molecule has 1 aromatic rings. The van der Waals surface area contributed by atoms with Gasteiger partial charge in [0.1, 0.15) is 5.82 Å². The molecule has 0 atom stereocenters. The van der Waals surface area contributed by atoms with Crippen molar-refractivity contribution in [2.45, 2.75) is 25.8 Å². The minimum atomic E-state index is -0.138. The normalized spacial score (nSPS) is 17.8. The highest BCUT2D eigenvalue weighted by Gasteiger charge is 2.36. The van der Waals surface area contributed by atoms with Crippen LogP contribution in [-0.2, 0) is 6.54 Å². The van der Waals surface area contributed by atoms with E-state index in [-0.39, 0.29) is 11.2 Å². The summed E-state index contributed by atoms with van der Waals surface area (Å²) >= 11 is 3.38. The lowest BCUT2D eigenvalue weighted by atomic mass is 9.68. The summed E-state index contributed by atoms with van der Waals surface area (Å²) in [5.74, 6) is -0.138. The maximum absolute atomic E-state index is 13.7. The molecule has 0 saturated heterocycles. The van der Waals surface area contributed by atoms with Crippen molar-refractivity contribution in [1.29, 1.82) is 0 Å². The smallest absolute Gasteiger partial charge is 0.127 e. The molecule has 100 valence electrons. The van der Waals surface area contributed by atoms with Gasteiger partial charge >= 0.3 is 0 Å². The SMILES string of the molecule is CN(Cc1cc(Br)ccc1F)CC1(CN)CCC1. The molecular formula is C14H20BrFN2. The predicted octanol–water partition coefficient (Wildman–Crippen LogP) is 3.15. The molecule has 2 nitrogen and oxygen atoms in total. The largest absolute Gasteiger partial charge is 0.330 e. The van der Waals surface area contributed by atoms with Crippen molar-refractivity contribution in [3.63, 3.8) is 0 Å². The Morgan fingerprint density at radius 3 is 2.72 bits per heavy atom. The van der Waals surface area contributed by atoms with Crippen molar-refractivity contribution in [2.75, 3.05) is 20.1 Å². The Hall–Kier alpha value is -0.450. The number of nitrogens with zero attached hydrogens (tertiary/aromatic N) is 1. The molecular weight excluding hydrogens is 295 g/mol. The van der Waals surface area contributed by atoms with Crippen LogP contribution in [0.4, 0.5) is 4.39 Å². The third-order valence-corrected chi connectivity index (χ3v) is 4.39. The van der Waals surface area contributed by atoms with Gasteiger partial charge in [-0.2, -0.15) is 0 Å². The van der Waals surface area contributed by atoms with E-state index < -0.39 is 0 Å². The number of rotatable bonds is 5. The summed E-state index contributed by atoms with van der Waals surface area (Å²) in [4.78, 5) is 2.18. The predicted molar refractivity (Wildman–Crippen MR) is 75.8 cm³/mol. The molecule has 4 heteroatoms. The molecule has 0 aliphatic heterocycles. The lowest BCUT2D eigenvalue weighted by Gasteiger charge is -2.43. The van der Waals surface area contributed by atoms with E-state index in [2.05, 4.69) is 20.8 Å². The fraction of sp³-hybridized carbons (Fsp3) is 0.571. The van der Waals surface area contributed by atoms with E-state index in [1.165, 1.54) is 25.3 Å². The summed E-state index contributed by atoms with van der Waals surface area (Å²) in [5, 5.41) is 0. The van der Waals surface area contributed by atoms with Gasteiger partial charge in [0, 0.05) is 23.1 Å². The minimum Gasteiger partial charge on any atom is -0.330 e. The van der Waals surface area contributed by atoms with Crippen LogP contribution in [0.25, 0.3) is 0 Å². The first kappa shape index (κ1) is 14.0. The Morgan fingerprint density at radius 2 is 2.17 bits per heavy atom. The second kappa shape index (κ2) is 5.68. The molecule has 1 aromatic carbocycles. The van der Waals surface area contributed by atoms with E-state index >= 15 is 0 Å². The third-order valence-electron chi connectivity index (χ3n) is 3.90. The molecule has 2 rings (SSSR count). The fourth-order valence-corrected chi connectivity index (χ4v) is 3.10. The number of benzene rings is 1. The lowest BCUT2D eigenvalue weighted by molar-refractivity contribution is 0.0840. The average Bonchev–Trinajstić information content (AvgIpc) is 2.28. The van der Waals surface area contributed by atoms with Crippen LogP contribution in [-0.4, -0.2) is 25.0 Å². The minimum absolute atomic E-state index is 0.138. The summed E-state index contributed by atoms with van der Waals surface area (Å²) in [7, 11) is 2.04. The first-order valence-corrected chi connectivity index (χ1v) is 7.16. The Kier molecular flexibility index (Phi) is 4.41. The average molecular weight is 315 g/mol. The Bertz CT molecular complexity index is 413. The van der Waals surface area contributed by atoms with Gasteiger partial charge in [0.05, 0.1) is 0 Å². The van der Waals surface area contributed by atoms with Crippen molar-refractivity contribution < 1.29 is 4.39 Å². The van der Waals surface area contributed by atoms with Crippen molar-refractivity contribution in [2.24, 2.45) is 11.1 Å². The standard InChI is InChI=1S/C14H20BrFN2/c1-18(10-14(9-17)5-2-6-14)8-11-7-12(15)3-4-13(11)16/h3-4,7H,2,5-6,8-10,17H2,1H3. The lowest BCUT2D eigenvalue weighted by Crippen LogP contribution is -2.45. The van der Waals surface area contributed by atoms with E-state index in [0.29, 0.717) is 6.54 Å². The maximum atomic E-state index is 13.7. The molecule has 0 unspecified atom stereocenters. The molecule has 1 aliphatic carbocycles. The first-order chi connectivity index (χ1) is 8.54. The van der Waals surface area contributed by atoms with Crippen LogP contribution >= 0.6 is 15.9 Å². The first-order valence-electron chi connectivity index (χ1n) is 6.37. The summed E-state index contributed by atoms with van der Waals surface area (Å²) < 4.78 is 14.6. The van der Waals surface area contributed by atoms with Crippen molar-refractivity contribution in [3.8, 4) is 0 Å². The second-order valence-electron chi connectivity index (χ2n) is 5.47. The van der Waals surface area contributed by atoms with Gasteiger partial charge in [0.25, 0.3) is 0 Å². The van der Waals surface area contributed by atoms with Gasteiger partial charge in [0.2, 0.25) is 0 Å². The quantitative estimate of drug-likeness (QED) is 0.904. The zero-order valence-electron chi connectivity index (χ0n) is 10.8. The number of halogens is 2. The summed E-state index contributed by atoms with van der Waals surface area (Å²) in [6.07, 6.45) is 3.68. The maximum Gasteiger partial charge on any atom is 0.127 e. The van der Waals surface area contributed by atoms with E-state index in [1.807, 2.05) is 13.1 Å². The molecule has 0 spiro atoms. The molecule has 2 N–H and O–H groups in total. The molecule has 1 aliphatic rings. The molecule has 1 fully saturated rings. The Balaban J connectivity index is 1.98. The van der Waals surface area contributed by atoms with Gasteiger partial charge in [-0.25, -0.2) is 4.39 Å². The van der Waals surface area contributed by atoms with E-state index in [1.54, 1.807) is 6.07 Å². The van der Waals surface area contributed by atoms with Crippen LogP contribution in [0.3, 0.4) is 0 Å². The van der Waals surface area contributed by atoms with Gasteiger partial charge in [-0.1, -0.05) is 22.4 Å². The van der Waals surface area contributed by atoms with Crippen LogP contribution in [0.15, 0.2) is 22.7 Å². The van der Waals surface area contributed by atoms with Gasteiger partial charge in [0.15, 0.2) is 0 Å². The number of nitrogens with two attached hydrogens (primary N) is 1. The molecule has 0 radical (unpaired) electrons. The monoisotopic (exact) mass is 314 g/mol. The van der Waals surface area contributed by atoms with E-state index in [4.69, 9.17) is 5.73 Å². The molecule has 0 bridgehead atoms. The molecule has 0 amide bonds. The molecule has 0 aromatic heterocycles. The van der Waals surface area contributed by atoms with Crippen LogP contribution < -0.4 is 5.73 Å². The van der Waals surface area contributed by atoms with E-state index in [9.17, 15) is 4.39 Å². The molecule has 1 saturated carbocycles. The zero-order chi connectivity index (χ0) is 13.2. The Labute approximate surface area is 116 Å². The number of hydrogen-bond acceptors (Lipinski definition) is 2. The van der Waals surface area contributed by atoms with Crippen LogP contribution in [0.2, 0.25) is 0 Å². The van der Waals surface area contributed by atoms with Gasteiger partial charge in [-0.15, -0.1) is 0 Å². The highest BCUT2D eigenvalue weighted by molar-refractivity contribution is 9.10. The van der Waals surface area contributed by atoms with Crippen LogP contribution in [0, 0.1) is 11.2 Å². The van der Waals surface area contributed by atoms with Gasteiger partial charge in [-0.3, -0.25) is 0 Å². The molecule has 18 heavy (non-hydrogen) atoms. The third kappa shape index (κ3) is 3.11. The van der Waals surface area contributed by atoms with Crippen LogP contribution in [0.1, 0.15) is 24.8 Å². The van der Waals surface area contributed by atoms with Gasteiger partial charge < -0.3 is 10.6 Å². The highest BCUT2D eigenvalue weighted by atomic mass is 79.9. The van der Waals surface area contributed by atoms with Crippen molar-refractivity contribution in [1.82, 2.24) is 4.90 Å². The molecule has 0 heterocycles. The highest BCUT2D eigenvalue weighted by Crippen LogP contribution is 2.40. The fourth-order valence-electron chi connectivity index (χ4n) is 2.69. The number of hydrogen-bond donors (Lipinski definition) is 1. The second-order valence-corrected chi connectivity index (χ2v) is 6.38. The van der Waals surface area contributed by atoms with E-state index in [0.717, 1.165) is 23.1 Å². The summed E-state index contributed by atoms with van der Waals surface area (Å²) in [6.45, 7) is 2.32. The summed E-state index contributed by atoms with van der Waals surface area (Å²) in [5.41, 5.74) is 6.87. The van der Waals surface area contributed by atoms with Gasteiger partial charge in [-0.05, 0) is 50.0 Å². The van der Waals surface area contributed by atoms with Crippen LogP contribution in [0.5, 0.6) is 0 Å². The van der Waals surface area contributed by atoms with Crippen molar-refractivity contribution >= 4 is 15.9 Å².